The molecule has 0 fully saturated rings. The van der Waals surface area contributed by atoms with Crippen molar-refractivity contribution < 1.29 is 9.53 Å². The molecule has 0 atom stereocenters. The van der Waals surface area contributed by atoms with Crippen LogP contribution in [0.2, 0.25) is 10.0 Å². The van der Waals surface area contributed by atoms with Gasteiger partial charge in [0.1, 0.15) is 5.75 Å². The van der Waals surface area contributed by atoms with Gasteiger partial charge in [-0.15, -0.1) is 0 Å². The van der Waals surface area contributed by atoms with Crippen LogP contribution in [0.4, 0.5) is 0 Å². The molecule has 0 saturated carbocycles. The standard InChI is InChI=1S/C13H9Cl2NO2/c14-10-4-11(15)6-12(5-10)18-8-13(17)9-2-1-3-16-7-9/h1-7H,8H2. The van der Waals surface area contributed by atoms with E-state index in [1.54, 1.807) is 36.5 Å². The zero-order chi connectivity index (χ0) is 13.0. The van der Waals surface area contributed by atoms with Crippen molar-refractivity contribution in [3.63, 3.8) is 0 Å². The number of benzene rings is 1. The van der Waals surface area contributed by atoms with Gasteiger partial charge in [0, 0.05) is 28.0 Å². The maximum absolute atomic E-state index is 11.8. The summed E-state index contributed by atoms with van der Waals surface area (Å²) in [6, 6.07) is 8.18. The Morgan fingerprint density at radius 2 is 1.94 bits per heavy atom. The van der Waals surface area contributed by atoms with Crippen LogP contribution in [0, 0.1) is 0 Å². The van der Waals surface area contributed by atoms with Gasteiger partial charge in [-0.3, -0.25) is 9.78 Å². The van der Waals surface area contributed by atoms with Crippen molar-refractivity contribution >= 4 is 29.0 Å². The largest absolute Gasteiger partial charge is 0.485 e. The fraction of sp³-hybridized carbons (Fsp3) is 0.0769. The third-order valence-corrected chi connectivity index (χ3v) is 2.63. The molecule has 0 aliphatic heterocycles. The maximum Gasteiger partial charge on any atom is 0.201 e. The number of halogens is 2. The number of ketones is 1. The van der Waals surface area contributed by atoms with Crippen LogP contribution in [0.25, 0.3) is 0 Å². The summed E-state index contributed by atoms with van der Waals surface area (Å²) in [7, 11) is 0. The molecular formula is C13H9Cl2NO2. The van der Waals surface area contributed by atoms with E-state index in [9.17, 15) is 4.79 Å². The van der Waals surface area contributed by atoms with E-state index in [4.69, 9.17) is 27.9 Å². The van der Waals surface area contributed by atoms with Gasteiger partial charge in [-0.05, 0) is 30.3 Å². The Hall–Kier alpha value is -1.58. The third-order valence-electron chi connectivity index (χ3n) is 2.19. The van der Waals surface area contributed by atoms with Crippen molar-refractivity contribution in [2.45, 2.75) is 0 Å². The van der Waals surface area contributed by atoms with Gasteiger partial charge in [0.15, 0.2) is 6.61 Å². The fourth-order valence-corrected chi connectivity index (χ4v) is 1.88. The molecule has 0 unspecified atom stereocenters. The SMILES string of the molecule is O=C(COc1cc(Cl)cc(Cl)c1)c1cccnc1. The molecule has 3 nitrogen and oxygen atoms in total. The van der Waals surface area contributed by atoms with Crippen molar-refractivity contribution in [2.75, 3.05) is 6.61 Å². The molecule has 18 heavy (non-hydrogen) atoms. The number of carbonyl (C=O) groups excluding carboxylic acids is 1. The molecule has 1 aromatic heterocycles. The number of carbonyl (C=O) groups is 1. The molecule has 0 N–H and O–H groups in total. The van der Waals surface area contributed by atoms with Gasteiger partial charge in [-0.2, -0.15) is 0 Å². The van der Waals surface area contributed by atoms with Gasteiger partial charge in [-0.25, -0.2) is 0 Å². The second-order valence-electron chi connectivity index (χ2n) is 3.56. The molecule has 0 spiro atoms. The maximum atomic E-state index is 11.8. The van der Waals surface area contributed by atoms with E-state index in [0.29, 0.717) is 21.4 Å². The first-order valence-corrected chi connectivity index (χ1v) is 5.93. The lowest BCUT2D eigenvalue weighted by Gasteiger charge is -2.06. The molecule has 0 aliphatic carbocycles. The Morgan fingerprint density at radius 3 is 2.56 bits per heavy atom. The lowest BCUT2D eigenvalue weighted by molar-refractivity contribution is 0.0921. The average Bonchev–Trinajstić information content (AvgIpc) is 2.36. The van der Waals surface area contributed by atoms with E-state index in [2.05, 4.69) is 4.98 Å². The zero-order valence-electron chi connectivity index (χ0n) is 9.27. The summed E-state index contributed by atoms with van der Waals surface area (Å²) >= 11 is 11.6. The molecule has 0 radical (unpaired) electrons. The highest BCUT2D eigenvalue weighted by molar-refractivity contribution is 6.34. The normalized spacial score (nSPS) is 10.1. The molecule has 0 bridgehead atoms. The van der Waals surface area contributed by atoms with E-state index in [-0.39, 0.29) is 12.4 Å². The zero-order valence-corrected chi connectivity index (χ0v) is 10.8. The molecule has 5 heteroatoms. The highest BCUT2D eigenvalue weighted by atomic mass is 35.5. The summed E-state index contributed by atoms with van der Waals surface area (Å²) in [6.45, 7) is -0.0810. The number of hydrogen-bond donors (Lipinski definition) is 0. The quantitative estimate of drug-likeness (QED) is 0.803. The predicted octanol–water partition coefficient (Wildman–Crippen LogP) is 3.65. The highest BCUT2D eigenvalue weighted by Gasteiger charge is 2.07. The van der Waals surface area contributed by atoms with E-state index in [1.165, 1.54) is 6.20 Å². The number of aromatic nitrogens is 1. The van der Waals surface area contributed by atoms with Crippen molar-refractivity contribution in [1.29, 1.82) is 0 Å². The van der Waals surface area contributed by atoms with E-state index in [1.807, 2.05) is 0 Å². The van der Waals surface area contributed by atoms with Gasteiger partial charge < -0.3 is 4.74 Å². The van der Waals surface area contributed by atoms with Crippen molar-refractivity contribution in [3.05, 3.63) is 58.3 Å². The summed E-state index contributed by atoms with van der Waals surface area (Å²) in [6.07, 6.45) is 3.10. The summed E-state index contributed by atoms with van der Waals surface area (Å²) in [5.41, 5.74) is 0.505. The Kier molecular flexibility index (Phi) is 4.18. The lowest BCUT2D eigenvalue weighted by atomic mass is 10.2. The Morgan fingerprint density at radius 1 is 1.22 bits per heavy atom. The van der Waals surface area contributed by atoms with Crippen LogP contribution >= 0.6 is 23.2 Å². The summed E-state index contributed by atoms with van der Waals surface area (Å²) in [5, 5.41) is 0.928. The summed E-state index contributed by atoms with van der Waals surface area (Å²) in [5.74, 6) is 0.309. The van der Waals surface area contributed by atoms with Crippen molar-refractivity contribution in [1.82, 2.24) is 4.98 Å². The van der Waals surface area contributed by atoms with E-state index < -0.39 is 0 Å². The van der Waals surface area contributed by atoms with Crippen LogP contribution in [0.5, 0.6) is 5.75 Å². The second kappa shape index (κ2) is 5.85. The number of nitrogens with zero attached hydrogens (tertiary/aromatic N) is 1. The van der Waals surface area contributed by atoms with Gasteiger partial charge in [0.25, 0.3) is 0 Å². The van der Waals surface area contributed by atoms with Crippen LogP contribution < -0.4 is 4.74 Å². The molecule has 1 aromatic carbocycles. The lowest BCUT2D eigenvalue weighted by Crippen LogP contribution is -2.11. The molecule has 1 heterocycles. The number of hydrogen-bond acceptors (Lipinski definition) is 3. The van der Waals surface area contributed by atoms with Crippen LogP contribution in [-0.4, -0.2) is 17.4 Å². The third kappa shape index (κ3) is 3.45. The number of rotatable bonds is 4. The first-order valence-electron chi connectivity index (χ1n) is 5.17. The van der Waals surface area contributed by atoms with Gasteiger partial charge >= 0.3 is 0 Å². The van der Waals surface area contributed by atoms with Crippen molar-refractivity contribution in [3.8, 4) is 5.75 Å². The van der Waals surface area contributed by atoms with Crippen LogP contribution in [0.15, 0.2) is 42.7 Å². The average molecular weight is 282 g/mol. The van der Waals surface area contributed by atoms with Crippen LogP contribution in [0.1, 0.15) is 10.4 Å². The molecule has 2 aromatic rings. The Labute approximate surface area is 114 Å². The second-order valence-corrected chi connectivity index (χ2v) is 4.43. The first-order chi connectivity index (χ1) is 8.65. The smallest absolute Gasteiger partial charge is 0.201 e. The molecule has 0 saturated heterocycles. The minimum atomic E-state index is -0.154. The highest BCUT2D eigenvalue weighted by Crippen LogP contribution is 2.24. The van der Waals surface area contributed by atoms with Crippen LogP contribution in [-0.2, 0) is 0 Å². The van der Waals surface area contributed by atoms with Crippen molar-refractivity contribution in [2.24, 2.45) is 0 Å². The van der Waals surface area contributed by atoms with Gasteiger partial charge in [0.2, 0.25) is 5.78 Å². The van der Waals surface area contributed by atoms with E-state index in [0.717, 1.165) is 0 Å². The molecule has 0 amide bonds. The first kappa shape index (κ1) is 12.9. The molecule has 0 aliphatic rings. The van der Waals surface area contributed by atoms with E-state index >= 15 is 0 Å². The van der Waals surface area contributed by atoms with Gasteiger partial charge in [-0.1, -0.05) is 23.2 Å². The fourth-order valence-electron chi connectivity index (χ4n) is 1.37. The molecular weight excluding hydrogens is 273 g/mol. The van der Waals surface area contributed by atoms with Crippen LogP contribution in [0.3, 0.4) is 0 Å². The monoisotopic (exact) mass is 281 g/mol. The summed E-state index contributed by atoms with van der Waals surface area (Å²) < 4.78 is 5.34. The molecule has 92 valence electrons. The number of ether oxygens (including phenoxy) is 1. The molecule has 2 rings (SSSR count). The number of pyridine rings is 1. The summed E-state index contributed by atoms with van der Waals surface area (Å²) in [4.78, 5) is 15.6. The minimum Gasteiger partial charge on any atom is -0.485 e. The topological polar surface area (TPSA) is 39.2 Å². The Bertz CT molecular complexity index is 538. The Balaban J connectivity index is 2.02. The predicted molar refractivity (Wildman–Crippen MR) is 70.5 cm³/mol. The van der Waals surface area contributed by atoms with Gasteiger partial charge in [0.05, 0.1) is 0 Å². The number of Topliss-reactive ketones (excluding diaryl/α,β-unsaturated/α-hetero) is 1. The minimum absolute atomic E-state index is 0.0810.